The average molecular weight is 300 g/mol. The largest absolute Gasteiger partial charge is 0.392 e. The number of hydrogen-bond acceptors (Lipinski definition) is 4. The lowest BCUT2D eigenvalue weighted by Crippen LogP contribution is -2.49. The summed E-state index contributed by atoms with van der Waals surface area (Å²) >= 11 is 0. The lowest BCUT2D eigenvalue weighted by atomic mass is 10.1. The molecule has 0 spiro atoms. The van der Waals surface area contributed by atoms with E-state index in [0.29, 0.717) is 18.7 Å². The van der Waals surface area contributed by atoms with Gasteiger partial charge in [-0.2, -0.15) is 0 Å². The normalized spacial score (nSPS) is 20.4. The minimum Gasteiger partial charge on any atom is -0.392 e. The van der Waals surface area contributed by atoms with Gasteiger partial charge in [0.2, 0.25) is 0 Å². The SMILES string of the molecule is C[C@@H](O)CN1CCN(C[C@H](O)c2ccc(F)c(F)c2)CC1. The summed E-state index contributed by atoms with van der Waals surface area (Å²) in [5, 5.41) is 19.5. The standard InChI is InChI=1S/C15H22F2N2O2/c1-11(20)9-18-4-6-19(7-5-18)10-15(21)12-2-3-13(16)14(17)8-12/h2-3,8,11,15,20-21H,4-7,9-10H2,1H3/t11-,15+/m1/s1. The molecule has 0 bridgehead atoms. The molecule has 0 saturated carbocycles. The third-order valence-corrected chi connectivity index (χ3v) is 3.75. The molecule has 2 N–H and O–H groups in total. The van der Waals surface area contributed by atoms with Crippen LogP contribution in [0, 0.1) is 11.6 Å². The van der Waals surface area contributed by atoms with E-state index in [2.05, 4.69) is 9.80 Å². The first-order valence-electron chi connectivity index (χ1n) is 7.21. The van der Waals surface area contributed by atoms with Gasteiger partial charge in [0, 0.05) is 39.3 Å². The van der Waals surface area contributed by atoms with Gasteiger partial charge in [0.15, 0.2) is 11.6 Å². The van der Waals surface area contributed by atoms with Crippen LogP contribution in [0.4, 0.5) is 8.78 Å². The summed E-state index contributed by atoms with van der Waals surface area (Å²) in [5.74, 6) is -1.84. The Labute approximate surface area is 123 Å². The van der Waals surface area contributed by atoms with E-state index in [1.54, 1.807) is 6.92 Å². The molecule has 1 heterocycles. The maximum Gasteiger partial charge on any atom is 0.159 e. The zero-order valence-corrected chi connectivity index (χ0v) is 12.2. The molecule has 1 aromatic carbocycles. The maximum absolute atomic E-state index is 13.2. The molecule has 0 radical (unpaired) electrons. The molecule has 2 rings (SSSR count). The molecule has 0 aliphatic carbocycles. The van der Waals surface area contributed by atoms with Crippen LogP contribution in [0.25, 0.3) is 0 Å². The number of piperazine rings is 1. The Hall–Kier alpha value is -1.08. The maximum atomic E-state index is 13.2. The fraction of sp³-hybridized carbons (Fsp3) is 0.600. The van der Waals surface area contributed by atoms with E-state index in [1.165, 1.54) is 6.07 Å². The number of β-amino-alcohol motifs (C(OH)–C–C–N with tert-alkyl or cyclic N) is 2. The highest BCUT2D eigenvalue weighted by atomic mass is 19.2. The predicted octanol–water partition coefficient (Wildman–Crippen LogP) is 0.997. The van der Waals surface area contributed by atoms with Crippen molar-refractivity contribution in [2.75, 3.05) is 39.3 Å². The zero-order valence-electron chi connectivity index (χ0n) is 12.2. The molecule has 1 fully saturated rings. The fourth-order valence-electron chi connectivity index (χ4n) is 2.60. The van der Waals surface area contributed by atoms with Crippen LogP contribution in [0.5, 0.6) is 0 Å². The number of aliphatic hydroxyl groups excluding tert-OH is 2. The van der Waals surface area contributed by atoms with Gasteiger partial charge in [-0.3, -0.25) is 9.80 Å². The molecule has 2 atom stereocenters. The predicted molar refractivity (Wildman–Crippen MR) is 75.9 cm³/mol. The van der Waals surface area contributed by atoms with E-state index in [0.717, 1.165) is 38.3 Å². The molecule has 0 amide bonds. The second-order valence-electron chi connectivity index (χ2n) is 5.64. The molecule has 1 saturated heterocycles. The average Bonchev–Trinajstić information content (AvgIpc) is 2.43. The molecule has 1 aromatic rings. The summed E-state index contributed by atoms with van der Waals surface area (Å²) in [4.78, 5) is 4.26. The quantitative estimate of drug-likeness (QED) is 0.851. The van der Waals surface area contributed by atoms with Crippen molar-refractivity contribution >= 4 is 0 Å². The van der Waals surface area contributed by atoms with Gasteiger partial charge in [-0.1, -0.05) is 6.07 Å². The topological polar surface area (TPSA) is 46.9 Å². The Kier molecular flexibility index (Phi) is 5.64. The Balaban J connectivity index is 1.84. The van der Waals surface area contributed by atoms with E-state index in [1.807, 2.05) is 0 Å². The third kappa shape index (κ3) is 4.71. The summed E-state index contributed by atoms with van der Waals surface area (Å²) < 4.78 is 26.0. The highest BCUT2D eigenvalue weighted by molar-refractivity contribution is 5.20. The van der Waals surface area contributed by atoms with Crippen molar-refractivity contribution in [3.05, 3.63) is 35.4 Å². The molecule has 1 aliphatic heterocycles. The molecule has 118 valence electrons. The van der Waals surface area contributed by atoms with Crippen LogP contribution in [0.3, 0.4) is 0 Å². The van der Waals surface area contributed by atoms with Crippen LogP contribution in [-0.2, 0) is 0 Å². The molecular weight excluding hydrogens is 278 g/mol. The second kappa shape index (κ2) is 7.26. The van der Waals surface area contributed by atoms with Crippen LogP contribution in [0.15, 0.2) is 18.2 Å². The Morgan fingerprint density at radius 2 is 1.57 bits per heavy atom. The lowest BCUT2D eigenvalue weighted by Gasteiger charge is -2.36. The van der Waals surface area contributed by atoms with E-state index in [9.17, 15) is 19.0 Å². The third-order valence-electron chi connectivity index (χ3n) is 3.75. The minimum atomic E-state index is -0.937. The molecule has 0 unspecified atom stereocenters. The van der Waals surface area contributed by atoms with Crippen molar-refractivity contribution in [2.24, 2.45) is 0 Å². The van der Waals surface area contributed by atoms with Crippen molar-refractivity contribution in [1.82, 2.24) is 9.80 Å². The summed E-state index contributed by atoms with van der Waals surface area (Å²) in [7, 11) is 0. The summed E-state index contributed by atoms with van der Waals surface area (Å²) in [6.45, 7) is 6.04. The molecule has 21 heavy (non-hydrogen) atoms. The van der Waals surface area contributed by atoms with Gasteiger partial charge in [-0.25, -0.2) is 8.78 Å². The highest BCUT2D eigenvalue weighted by Crippen LogP contribution is 2.18. The number of hydrogen-bond donors (Lipinski definition) is 2. The van der Waals surface area contributed by atoms with E-state index in [4.69, 9.17) is 0 Å². The zero-order chi connectivity index (χ0) is 15.4. The van der Waals surface area contributed by atoms with E-state index in [-0.39, 0.29) is 6.10 Å². The van der Waals surface area contributed by atoms with Crippen molar-refractivity contribution in [3.8, 4) is 0 Å². The van der Waals surface area contributed by atoms with Gasteiger partial charge in [-0.15, -0.1) is 0 Å². The van der Waals surface area contributed by atoms with Crippen LogP contribution in [0.1, 0.15) is 18.6 Å². The summed E-state index contributed by atoms with van der Waals surface area (Å²) in [5.41, 5.74) is 0.389. The van der Waals surface area contributed by atoms with Crippen molar-refractivity contribution in [1.29, 1.82) is 0 Å². The molecule has 6 heteroatoms. The first-order valence-corrected chi connectivity index (χ1v) is 7.21. The molecule has 0 aromatic heterocycles. The van der Waals surface area contributed by atoms with Crippen LogP contribution >= 0.6 is 0 Å². The van der Waals surface area contributed by atoms with Gasteiger partial charge in [-0.05, 0) is 24.6 Å². The Morgan fingerprint density at radius 1 is 1.00 bits per heavy atom. The first-order chi connectivity index (χ1) is 9.95. The van der Waals surface area contributed by atoms with Gasteiger partial charge in [0.25, 0.3) is 0 Å². The van der Waals surface area contributed by atoms with Gasteiger partial charge in [0.05, 0.1) is 12.2 Å². The fourth-order valence-corrected chi connectivity index (χ4v) is 2.60. The molecule has 1 aliphatic rings. The van der Waals surface area contributed by atoms with Crippen LogP contribution in [0.2, 0.25) is 0 Å². The minimum absolute atomic E-state index is 0.343. The van der Waals surface area contributed by atoms with E-state index < -0.39 is 17.7 Å². The lowest BCUT2D eigenvalue weighted by molar-refractivity contribution is 0.0525. The van der Waals surface area contributed by atoms with Crippen molar-refractivity contribution < 1.29 is 19.0 Å². The van der Waals surface area contributed by atoms with Crippen LogP contribution < -0.4 is 0 Å². The second-order valence-corrected chi connectivity index (χ2v) is 5.64. The van der Waals surface area contributed by atoms with E-state index >= 15 is 0 Å². The number of nitrogens with zero attached hydrogens (tertiary/aromatic N) is 2. The Bertz CT molecular complexity index is 463. The molecular formula is C15H22F2N2O2. The van der Waals surface area contributed by atoms with Gasteiger partial charge in [0.1, 0.15) is 0 Å². The Morgan fingerprint density at radius 3 is 2.10 bits per heavy atom. The number of rotatable bonds is 5. The van der Waals surface area contributed by atoms with Gasteiger partial charge < -0.3 is 10.2 Å². The smallest absolute Gasteiger partial charge is 0.159 e. The number of benzene rings is 1. The first kappa shape index (κ1) is 16.3. The van der Waals surface area contributed by atoms with Crippen LogP contribution in [-0.4, -0.2) is 65.4 Å². The summed E-state index contributed by atoms with van der Waals surface area (Å²) in [6, 6.07) is 3.49. The van der Waals surface area contributed by atoms with Gasteiger partial charge >= 0.3 is 0 Å². The highest BCUT2D eigenvalue weighted by Gasteiger charge is 2.21. The summed E-state index contributed by atoms with van der Waals surface area (Å²) in [6.07, 6.45) is -1.17. The number of halogens is 2. The van der Waals surface area contributed by atoms with Crippen molar-refractivity contribution in [2.45, 2.75) is 19.1 Å². The van der Waals surface area contributed by atoms with Crippen molar-refractivity contribution in [3.63, 3.8) is 0 Å². The number of aliphatic hydroxyl groups is 2. The molecule has 4 nitrogen and oxygen atoms in total. The monoisotopic (exact) mass is 300 g/mol.